The highest BCUT2D eigenvalue weighted by Gasteiger charge is 2.37. The zero-order chi connectivity index (χ0) is 15.5. The third kappa shape index (κ3) is 3.80. The van der Waals surface area contributed by atoms with E-state index in [4.69, 9.17) is 0 Å². The van der Waals surface area contributed by atoms with Crippen molar-refractivity contribution in [2.45, 2.75) is 19.7 Å². The van der Waals surface area contributed by atoms with Crippen molar-refractivity contribution in [3.63, 3.8) is 0 Å². The van der Waals surface area contributed by atoms with E-state index in [0.717, 1.165) is 13.3 Å². The van der Waals surface area contributed by atoms with Crippen LogP contribution in [0, 0.1) is 17.0 Å². The van der Waals surface area contributed by atoms with Crippen LogP contribution in [0.5, 0.6) is 5.75 Å². The van der Waals surface area contributed by atoms with Crippen LogP contribution in [0.3, 0.4) is 0 Å². The molecule has 0 atom stereocenters. The number of aromatic nitrogens is 1. The predicted molar refractivity (Wildman–Crippen MR) is 58.0 cm³/mol. The second kappa shape index (κ2) is 5.72. The second-order valence-electron chi connectivity index (χ2n) is 3.62. The molecule has 0 saturated heterocycles. The van der Waals surface area contributed by atoms with Gasteiger partial charge in [0.15, 0.2) is 0 Å². The average molecular weight is 294 g/mol. The van der Waals surface area contributed by atoms with Gasteiger partial charge in [0.2, 0.25) is 5.75 Å². The van der Waals surface area contributed by atoms with Crippen LogP contribution in [-0.2, 0) is 16.0 Å². The largest absolute Gasteiger partial charge is 0.573 e. The number of nitrogens with zero attached hydrogens (tertiary/aromatic N) is 2. The standard InChI is InChI=1S/C10H9F3N2O5/c1-5-4-14-6(3-7(16)19-2)9(8(5)15(17)18)20-10(11,12)13/h4H,3H2,1-2H3. The van der Waals surface area contributed by atoms with E-state index in [1.54, 1.807) is 0 Å². The van der Waals surface area contributed by atoms with Gasteiger partial charge in [0.1, 0.15) is 5.69 Å². The van der Waals surface area contributed by atoms with Gasteiger partial charge in [-0.3, -0.25) is 19.9 Å². The van der Waals surface area contributed by atoms with Gasteiger partial charge in [-0.2, -0.15) is 0 Å². The number of carbonyl (C=O) groups excluding carboxylic acids is 1. The number of aryl methyl sites for hydroxylation is 1. The highest BCUT2D eigenvalue weighted by Crippen LogP contribution is 2.36. The highest BCUT2D eigenvalue weighted by atomic mass is 19.4. The summed E-state index contributed by atoms with van der Waals surface area (Å²) in [5, 5.41) is 10.9. The Morgan fingerprint density at radius 1 is 1.50 bits per heavy atom. The van der Waals surface area contributed by atoms with E-state index in [-0.39, 0.29) is 5.56 Å². The van der Waals surface area contributed by atoms with E-state index >= 15 is 0 Å². The fraction of sp³-hybridized carbons (Fsp3) is 0.400. The number of halogens is 3. The first-order chi connectivity index (χ1) is 9.15. The zero-order valence-electron chi connectivity index (χ0n) is 10.4. The number of hydrogen-bond acceptors (Lipinski definition) is 6. The first-order valence-corrected chi connectivity index (χ1v) is 5.11. The molecule has 0 aliphatic carbocycles. The fourth-order valence-electron chi connectivity index (χ4n) is 1.39. The zero-order valence-corrected chi connectivity index (χ0v) is 10.4. The van der Waals surface area contributed by atoms with E-state index in [9.17, 15) is 28.1 Å². The summed E-state index contributed by atoms with van der Waals surface area (Å²) in [6, 6.07) is 0. The maximum atomic E-state index is 12.3. The maximum Gasteiger partial charge on any atom is 0.573 e. The predicted octanol–water partition coefficient (Wildman–Crippen LogP) is 1.91. The molecular weight excluding hydrogens is 285 g/mol. The molecule has 0 amide bonds. The Labute approximate surface area is 110 Å². The van der Waals surface area contributed by atoms with Gasteiger partial charge in [0.05, 0.1) is 18.5 Å². The Morgan fingerprint density at radius 2 is 2.10 bits per heavy atom. The van der Waals surface area contributed by atoms with Gasteiger partial charge < -0.3 is 9.47 Å². The van der Waals surface area contributed by atoms with E-state index < -0.39 is 40.8 Å². The van der Waals surface area contributed by atoms with E-state index in [1.165, 1.54) is 6.92 Å². The first kappa shape index (κ1) is 15.7. The molecule has 1 rings (SSSR count). The summed E-state index contributed by atoms with van der Waals surface area (Å²) < 4.78 is 44.9. The Morgan fingerprint density at radius 3 is 2.55 bits per heavy atom. The van der Waals surface area contributed by atoms with E-state index in [0.29, 0.717) is 0 Å². The summed E-state index contributed by atoms with van der Waals surface area (Å²) in [5.41, 5.74) is -1.54. The normalized spacial score (nSPS) is 11.1. The lowest BCUT2D eigenvalue weighted by Gasteiger charge is -2.13. The van der Waals surface area contributed by atoms with Crippen LogP contribution in [0.4, 0.5) is 18.9 Å². The SMILES string of the molecule is COC(=O)Cc1ncc(C)c([N+](=O)[O-])c1OC(F)(F)F. The molecule has 0 radical (unpaired) electrons. The average Bonchev–Trinajstić information content (AvgIpc) is 2.30. The summed E-state index contributed by atoms with van der Waals surface area (Å²) in [7, 11) is 1.02. The van der Waals surface area contributed by atoms with Crippen LogP contribution < -0.4 is 4.74 Å². The van der Waals surface area contributed by atoms with Gasteiger partial charge in [-0.05, 0) is 6.92 Å². The van der Waals surface area contributed by atoms with Gasteiger partial charge in [0.25, 0.3) is 0 Å². The maximum absolute atomic E-state index is 12.3. The third-order valence-corrected chi connectivity index (χ3v) is 2.20. The molecule has 110 valence electrons. The molecule has 0 spiro atoms. The van der Waals surface area contributed by atoms with Crippen LogP contribution in [0.1, 0.15) is 11.3 Å². The fourth-order valence-corrected chi connectivity index (χ4v) is 1.39. The van der Waals surface area contributed by atoms with Crippen molar-refractivity contribution in [2.75, 3.05) is 7.11 Å². The molecule has 10 heteroatoms. The molecule has 0 fully saturated rings. The van der Waals surface area contributed by atoms with Gasteiger partial charge in [-0.15, -0.1) is 13.2 Å². The van der Waals surface area contributed by atoms with Crippen molar-refractivity contribution in [2.24, 2.45) is 0 Å². The monoisotopic (exact) mass is 294 g/mol. The molecular formula is C10H9F3N2O5. The first-order valence-electron chi connectivity index (χ1n) is 5.11. The Kier molecular flexibility index (Phi) is 4.48. The van der Waals surface area contributed by atoms with Gasteiger partial charge in [-0.25, -0.2) is 0 Å². The molecule has 0 saturated carbocycles. The molecule has 0 N–H and O–H groups in total. The second-order valence-corrected chi connectivity index (χ2v) is 3.62. The lowest BCUT2D eigenvalue weighted by molar-refractivity contribution is -0.389. The van der Waals surface area contributed by atoms with Crippen LogP contribution in [0.2, 0.25) is 0 Å². The molecule has 1 heterocycles. The van der Waals surface area contributed by atoms with Crippen LogP contribution in [0.15, 0.2) is 6.20 Å². The summed E-state index contributed by atoms with van der Waals surface area (Å²) in [4.78, 5) is 24.5. The number of esters is 1. The van der Waals surface area contributed by atoms with Crippen LogP contribution in [0.25, 0.3) is 0 Å². The van der Waals surface area contributed by atoms with Crippen molar-refractivity contribution in [1.29, 1.82) is 0 Å². The number of methoxy groups -OCH3 is 1. The minimum absolute atomic E-state index is 0.122. The molecule has 0 unspecified atom stereocenters. The number of hydrogen-bond donors (Lipinski definition) is 0. The lowest BCUT2D eigenvalue weighted by atomic mass is 10.1. The number of ether oxygens (including phenoxy) is 2. The van der Waals surface area contributed by atoms with E-state index in [2.05, 4.69) is 14.5 Å². The minimum Gasteiger partial charge on any atom is -0.469 e. The van der Waals surface area contributed by atoms with Gasteiger partial charge >= 0.3 is 18.0 Å². The van der Waals surface area contributed by atoms with Crippen molar-refractivity contribution in [3.05, 3.63) is 27.6 Å². The summed E-state index contributed by atoms with van der Waals surface area (Å²) in [5.74, 6) is -2.00. The Balaban J connectivity index is 3.40. The number of rotatable bonds is 4. The minimum atomic E-state index is -5.15. The highest BCUT2D eigenvalue weighted by molar-refractivity contribution is 5.74. The number of carbonyl (C=O) groups is 1. The molecule has 1 aromatic rings. The van der Waals surface area contributed by atoms with E-state index in [1.807, 2.05) is 0 Å². The van der Waals surface area contributed by atoms with Crippen molar-refractivity contribution >= 4 is 11.7 Å². The molecule has 0 aliphatic heterocycles. The third-order valence-electron chi connectivity index (χ3n) is 2.20. The molecule has 0 aromatic carbocycles. The summed E-state index contributed by atoms with van der Waals surface area (Å²) >= 11 is 0. The van der Waals surface area contributed by atoms with Gasteiger partial charge in [0, 0.05) is 11.8 Å². The van der Waals surface area contributed by atoms with Crippen LogP contribution in [-0.4, -0.2) is 29.3 Å². The van der Waals surface area contributed by atoms with Crippen molar-refractivity contribution < 1.29 is 32.4 Å². The number of nitro groups is 1. The lowest BCUT2D eigenvalue weighted by Crippen LogP contribution is -2.21. The van der Waals surface area contributed by atoms with Crippen LogP contribution >= 0.6 is 0 Å². The molecule has 20 heavy (non-hydrogen) atoms. The smallest absolute Gasteiger partial charge is 0.469 e. The van der Waals surface area contributed by atoms with Crippen molar-refractivity contribution in [1.82, 2.24) is 4.98 Å². The molecule has 1 aromatic heterocycles. The Bertz CT molecular complexity index is 544. The molecule has 0 bridgehead atoms. The Hall–Kier alpha value is -2.39. The quantitative estimate of drug-likeness (QED) is 0.478. The number of pyridine rings is 1. The summed E-state index contributed by atoms with van der Waals surface area (Å²) in [6.07, 6.45) is -4.84. The number of alkyl halides is 3. The molecule has 7 nitrogen and oxygen atoms in total. The van der Waals surface area contributed by atoms with Crippen molar-refractivity contribution in [3.8, 4) is 5.75 Å². The topological polar surface area (TPSA) is 91.6 Å². The summed E-state index contributed by atoms with van der Waals surface area (Å²) in [6.45, 7) is 1.20. The van der Waals surface area contributed by atoms with Gasteiger partial charge in [-0.1, -0.05) is 0 Å². The molecule has 0 aliphatic rings.